The van der Waals surface area contributed by atoms with Crippen molar-refractivity contribution in [3.05, 3.63) is 23.8 Å². The summed E-state index contributed by atoms with van der Waals surface area (Å²) in [5.74, 6) is -0.572. The van der Waals surface area contributed by atoms with Crippen LogP contribution in [0.3, 0.4) is 0 Å². The highest BCUT2D eigenvalue weighted by atomic mass is 32.2. The zero-order valence-corrected chi connectivity index (χ0v) is 11.0. The Labute approximate surface area is 110 Å². The highest BCUT2D eigenvalue weighted by Crippen LogP contribution is 2.25. The number of aryl methyl sites for hydroxylation is 1. The summed E-state index contributed by atoms with van der Waals surface area (Å²) in [6.45, 7) is 1.93. The van der Waals surface area contributed by atoms with E-state index in [2.05, 4.69) is 5.32 Å². The molecule has 0 heterocycles. The van der Waals surface area contributed by atoms with Crippen LogP contribution in [0.5, 0.6) is 5.75 Å². The molecule has 0 saturated carbocycles. The molecule has 2 N–H and O–H groups in total. The number of amides is 1. The van der Waals surface area contributed by atoms with E-state index in [4.69, 9.17) is 9.84 Å². The van der Waals surface area contributed by atoms with E-state index in [0.29, 0.717) is 11.4 Å². The number of carboxylic acids is 1. The van der Waals surface area contributed by atoms with Gasteiger partial charge in [-0.1, -0.05) is 6.07 Å². The van der Waals surface area contributed by atoms with Crippen molar-refractivity contribution in [2.75, 3.05) is 23.9 Å². The lowest BCUT2D eigenvalue weighted by atomic mass is 10.2. The van der Waals surface area contributed by atoms with Gasteiger partial charge in [0, 0.05) is 0 Å². The van der Waals surface area contributed by atoms with Gasteiger partial charge in [0.15, 0.2) is 0 Å². The van der Waals surface area contributed by atoms with E-state index in [0.717, 1.165) is 17.3 Å². The highest BCUT2D eigenvalue weighted by Gasteiger charge is 2.08. The molecule has 18 heavy (non-hydrogen) atoms. The molecule has 0 atom stereocenters. The van der Waals surface area contributed by atoms with Gasteiger partial charge in [0.2, 0.25) is 5.91 Å². The second-order valence-corrected chi connectivity index (χ2v) is 4.62. The molecule has 1 aromatic rings. The van der Waals surface area contributed by atoms with E-state index in [-0.39, 0.29) is 17.4 Å². The summed E-state index contributed by atoms with van der Waals surface area (Å²) in [6, 6.07) is 5.44. The molecule has 5 nitrogen and oxygen atoms in total. The van der Waals surface area contributed by atoms with Gasteiger partial charge < -0.3 is 15.2 Å². The number of nitrogens with one attached hydrogen (secondary N) is 1. The van der Waals surface area contributed by atoms with Crippen LogP contribution in [0.2, 0.25) is 0 Å². The van der Waals surface area contributed by atoms with Crippen LogP contribution >= 0.6 is 11.8 Å². The van der Waals surface area contributed by atoms with Gasteiger partial charge in [-0.2, -0.15) is 0 Å². The fraction of sp³-hybridized carbons (Fsp3) is 0.333. The molecule has 0 spiro atoms. The van der Waals surface area contributed by atoms with Crippen LogP contribution in [-0.4, -0.2) is 35.6 Å². The Morgan fingerprint density at radius 2 is 2.11 bits per heavy atom. The highest BCUT2D eigenvalue weighted by molar-refractivity contribution is 8.00. The molecule has 0 unspecified atom stereocenters. The fourth-order valence-electron chi connectivity index (χ4n) is 1.32. The molecule has 0 radical (unpaired) electrons. The molecule has 0 saturated heterocycles. The average molecular weight is 269 g/mol. The summed E-state index contributed by atoms with van der Waals surface area (Å²) in [6.07, 6.45) is 0. The Morgan fingerprint density at radius 1 is 1.39 bits per heavy atom. The first-order valence-corrected chi connectivity index (χ1v) is 6.42. The Morgan fingerprint density at radius 3 is 2.72 bits per heavy atom. The maximum atomic E-state index is 11.6. The number of thioether (sulfide) groups is 1. The van der Waals surface area contributed by atoms with Crippen LogP contribution in [0.4, 0.5) is 5.69 Å². The van der Waals surface area contributed by atoms with Crippen molar-refractivity contribution in [2.24, 2.45) is 0 Å². The summed E-state index contributed by atoms with van der Waals surface area (Å²) in [7, 11) is 1.53. The van der Waals surface area contributed by atoms with Gasteiger partial charge in [0.05, 0.1) is 24.3 Å². The van der Waals surface area contributed by atoms with Crippen molar-refractivity contribution in [1.29, 1.82) is 0 Å². The molecule has 0 aliphatic carbocycles. The van der Waals surface area contributed by atoms with Crippen molar-refractivity contribution in [3.63, 3.8) is 0 Å². The molecular weight excluding hydrogens is 254 g/mol. The second kappa shape index (κ2) is 6.90. The topological polar surface area (TPSA) is 75.6 Å². The van der Waals surface area contributed by atoms with Gasteiger partial charge in [0.1, 0.15) is 5.75 Å². The minimum atomic E-state index is -0.930. The Hall–Kier alpha value is -1.69. The predicted octanol–water partition coefficient (Wildman–Crippen LogP) is 1.76. The normalized spacial score (nSPS) is 9.89. The summed E-state index contributed by atoms with van der Waals surface area (Å²) >= 11 is 1.05. The lowest BCUT2D eigenvalue weighted by Gasteiger charge is -2.10. The lowest BCUT2D eigenvalue weighted by Crippen LogP contribution is -2.16. The smallest absolute Gasteiger partial charge is 0.313 e. The molecule has 0 aromatic heterocycles. The second-order valence-electron chi connectivity index (χ2n) is 3.64. The van der Waals surface area contributed by atoms with E-state index in [1.165, 1.54) is 7.11 Å². The number of carbonyl (C=O) groups is 2. The maximum Gasteiger partial charge on any atom is 0.313 e. The number of hydrogen-bond acceptors (Lipinski definition) is 4. The van der Waals surface area contributed by atoms with E-state index < -0.39 is 5.97 Å². The van der Waals surface area contributed by atoms with Crippen LogP contribution in [-0.2, 0) is 9.59 Å². The SMILES string of the molecule is COc1cc(C)ccc1NC(=O)CSCC(=O)O. The number of carbonyl (C=O) groups excluding carboxylic acids is 1. The number of anilines is 1. The number of ether oxygens (including phenoxy) is 1. The quantitative estimate of drug-likeness (QED) is 0.823. The Bertz CT molecular complexity index is 448. The maximum absolute atomic E-state index is 11.6. The van der Waals surface area contributed by atoms with Crippen molar-refractivity contribution in [1.82, 2.24) is 0 Å². The van der Waals surface area contributed by atoms with Crippen molar-refractivity contribution in [2.45, 2.75) is 6.92 Å². The molecule has 98 valence electrons. The van der Waals surface area contributed by atoms with Crippen LogP contribution < -0.4 is 10.1 Å². The van der Waals surface area contributed by atoms with Gasteiger partial charge in [-0.15, -0.1) is 11.8 Å². The monoisotopic (exact) mass is 269 g/mol. The molecule has 1 aromatic carbocycles. The fourth-order valence-corrected chi connectivity index (χ4v) is 1.85. The summed E-state index contributed by atoms with van der Waals surface area (Å²) in [5, 5.41) is 11.1. The average Bonchev–Trinajstić information content (AvgIpc) is 2.31. The summed E-state index contributed by atoms with van der Waals surface area (Å²) in [4.78, 5) is 21.9. The summed E-state index contributed by atoms with van der Waals surface area (Å²) in [5.41, 5.74) is 1.62. The molecule has 0 aliphatic rings. The largest absolute Gasteiger partial charge is 0.495 e. The first-order valence-electron chi connectivity index (χ1n) is 5.27. The van der Waals surface area contributed by atoms with Crippen molar-refractivity contribution < 1.29 is 19.4 Å². The minimum absolute atomic E-state index is 0.0849. The molecule has 0 aliphatic heterocycles. The van der Waals surface area contributed by atoms with E-state index in [9.17, 15) is 9.59 Å². The van der Waals surface area contributed by atoms with Gasteiger partial charge in [-0.3, -0.25) is 9.59 Å². The van der Waals surface area contributed by atoms with Crippen molar-refractivity contribution in [3.8, 4) is 5.75 Å². The van der Waals surface area contributed by atoms with Crippen LogP contribution in [0.1, 0.15) is 5.56 Å². The Kier molecular flexibility index (Phi) is 5.51. The van der Waals surface area contributed by atoms with Crippen LogP contribution in [0.15, 0.2) is 18.2 Å². The predicted molar refractivity (Wildman–Crippen MR) is 71.3 cm³/mol. The molecule has 0 bridgehead atoms. The number of carboxylic acid groups (broad SMARTS) is 1. The number of rotatable bonds is 6. The van der Waals surface area contributed by atoms with E-state index >= 15 is 0 Å². The molecule has 6 heteroatoms. The lowest BCUT2D eigenvalue weighted by molar-refractivity contribution is -0.133. The third kappa shape index (κ3) is 4.67. The number of aliphatic carboxylic acids is 1. The number of hydrogen-bond donors (Lipinski definition) is 2. The standard InChI is InChI=1S/C12H15NO4S/c1-8-3-4-9(10(5-8)17-2)13-11(14)6-18-7-12(15)16/h3-5H,6-7H2,1-2H3,(H,13,14)(H,15,16). The zero-order valence-electron chi connectivity index (χ0n) is 10.2. The Balaban J connectivity index is 2.56. The first kappa shape index (κ1) is 14.4. The van der Waals surface area contributed by atoms with Gasteiger partial charge >= 0.3 is 5.97 Å². The molecule has 1 amide bonds. The molecule has 1 rings (SSSR count). The minimum Gasteiger partial charge on any atom is -0.495 e. The third-order valence-electron chi connectivity index (χ3n) is 2.09. The van der Waals surface area contributed by atoms with E-state index in [1.54, 1.807) is 6.07 Å². The van der Waals surface area contributed by atoms with Gasteiger partial charge in [-0.25, -0.2) is 0 Å². The van der Waals surface area contributed by atoms with Crippen molar-refractivity contribution >= 4 is 29.3 Å². The number of benzene rings is 1. The number of methoxy groups -OCH3 is 1. The zero-order chi connectivity index (χ0) is 13.5. The van der Waals surface area contributed by atoms with Gasteiger partial charge in [0.25, 0.3) is 0 Å². The van der Waals surface area contributed by atoms with E-state index in [1.807, 2.05) is 19.1 Å². The van der Waals surface area contributed by atoms with Gasteiger partial charge in [-0.05, 0) is 24.6 Å². The third-order valence-corrected chi connectivity index (χ3v) is 3.01. The molecule has 0 fully saturated rings. The first-order chi connectivity index (χ1) is 8.52. The molecular formula is C12H15NO4S. The van der Waals surface area contributed by atoms with Crippen LogP contribution in [0.25, 0.3) is 0 Å². The van der Waals surface area contributed by atoms with Crippen LogP contribution in [0, 0.1) is 6.92 Å². The summed E-state index contributed by atoms with van der Waals surface area (Å²) < 4.78 is 5.15.